The Labute approximate surface area is 202 Å². The third-order valence-corrected chi connectivity index (χ3v) is 7.37. The molecule has 0 fully saturated rings. The molecule has 0 saturated carbocycles. The van der Waals surface area contributed by atoms with E-state index >= 15 is 0 Å². The first kappa shape index (κ1) is 22.4. The van der Waals surface area contributed by atoms with Gasteiger partial charge in [0.05, 0.1) is 5.70 Å². The van der Waals surface area contributed by atoms with Crippen LogP contribution in [-0.4, -0.2) is 28.1 Å². The first-order valence-electron chi connectivity index (χ1n) is 12.4. The third-order valence-electron chi connectivity index (χ3n) is 7.37. The van der Waals surface area contributed by atoms with E-state index in [0.29, 0.717) is 6.42 Å². The maximum Gasteiger partial charge on any atom is 0.163 e. The molecule has 174 valence electrons. The number of carbonyl (C=O) groups is 1. The highest BCUT2D eigenvalue weighted by molar-refractivity contribution is 6.16. The SMILES string of the molecule is C=C1C=C(C)N(C)C(c2ccc3c(c2)c2c4c(ccc2n3CCC(=CCC)CC)C(=O)CC4)=N1. The second-order valence-corrected chi connectivity index (χ2v) is 9.44. The number of ketones is 1. The smallest absolute Gasteiger partial charge is 0.163 e. The Morgan fingerprint density at radius 1 is 1.15 bits per heavy atom. The number of aromatic nitrogens is 1. The molecule has 34 heavy (non-hydrogen) atoms. The van der Waals surface area contributed by atoms with Crippen molar-refractivity contribution in [3.63, 3.8) is 0 Å². The lowest BCUT2D eigenvalue weighted by atomic mass is 10.0. The number of aryl methyl sites for hydroxylation is 2. The van der Waals surface area contributed by atoms with Gasteiger partial charge in [-0.15, -0.1) is 0 Å². The lowest BCUT2D eigenvalue weighted by molar-refractivity contribution is 0.0994. The van der Waals surface area contributed by atoms with E-state index in [2.05, 4.69) is 67.2 Å². The summed E-state index contributed by atoms with van der Waals surface area (Å²) in [5.41, 5.74) is 9.04. The van der Waals surface area contributed by atoms with Gasteiger partial charge in [-0.25, -0.2) is 4.99 Å². The van der Waals surface area contributed by atoms with Crippen molar-refractivity contribution in [3.8, 4) is 0 Å². The molecule has 0 radical (unpaired) electrons. The number of hydrogen-bond donors (Lipinski definition) is 0. The number of hydrogen-bond acceptors (Lipinski definition) is 3. The molecule has 0 atom stereocenters. The molecule has 0 spiro atoms. The van der Waals surface area contributed by atoms with Gasteiger partial charge in [-0.2, -0.15) is 0 Å². The summed E-state index contributed by atoms with van der Waals surface area (Å²) in [6.07, 6.45) is 9.00. The number of nitrogens with zero attached hydrogens (tertiary/aromatic N) is 3. The Hall–Kier alpha value is -3.40. The lowest BCUT2D eigenvalue weighted by Crippen LogP contribution is -2.28. The van der Waals surface area contributed by atoms with E-state index in [1.54, 1.807) is 0 Å². The van der Waals surface area contributed by atoms with Gasteiger partial charge < -0.3 is 9.47 Å². The summed E-state index contributed by atoms with van der Waals surface area (Å²) in [5.74, 6) is 1.18. The van der Waals surface area contributed by atoms with Crippen LogP contribution in [0.1, 0.15) is 67.9 Å². The fraction of sp³-hybridized carbons (Fsp3) is 0.333. The van der Waals surface area contributed by atoms with Crippen LogP contribution in [-0.2, 0) is 13.0 Å². The summed E-state index contributed by atoms with van der Waals surface area (Å²) in [4.78, 5) is 19.4. The topological polar surface area (TPSA) is 37.6 Å². The van der Waals surface area contributed by atoms with Gasteiger partial charge in [0.15, 0.2) is 5.78 Å². The minimum atomic E-state index is 0.265. The highest BCUT2D eigenvalue weighted by Gasteiger charge is 2.25. The van der Waals surface area contributed by atoms with E-state index in [0.717, 1.165) is 60.6 Å². The first-order valence-corrected chi connectivity index (χ1v) is 12.4. The fourth-order valence-electron chi connectivity index (χ4n) is 5.51. The Bertz CT molecular complexity index is 1430. The molecule has 4 nitrogen and oxygen atoms in total. The van der Waals surface area contributed by atoms with Crippen molar-refractivity contribution in [2.45, 2.75) is 59.4 Å². The molecule has 0 amide bonds. The lowest BCUT2D eigenvalue weighted by Gasteiger charge is -2.26. The summed E-state index contributed by atoms with van der Waals surface area (Å²) in [7, 11) is 2.05. The zero-order chi connectivity index (χ0) is 24.0. The number of fused-ring (bicyclic) bond motifs is 5. The number of aliphatic imine (C=N–C) groups is 1. The number of carbonyl (C=O) groups excluding carboxylic acids is 1. The average molecular weight is 452 g/mol. The van der Waals surface area contributed by atoms with E-state index in [-0.39, 0.29) is 5.78 Å². The number of rotatable bonds is 6. The molecule has 0 unspecified atom stereocenters. The van der Waals surface area contributed by atoms with Gasteiger partial charge in [-0.3, -0.25) is 4.79 Å². The average Bonchev–Trinajstić information content (AvgIpc) is 3.36. The van der Waals surface area contributed by atoms with Crippen LogP contribution in [0.2, 0.25) is 0 Å². The Kier molecular flexibility index (Phi) is 5.76. The van der Waals surface area contributed by atoms with Crippen LogP contribution in [0.15, 0.2) is 71.0 Å². The quantitative estimate of drug-likeness (QED) is 0.373. The zero-order valence-electron chi connectivity index (χ0n) is 20.7. The molecule has 3 aromatic rings. The number of benzene rings is 2. The van der Waals surface area contributed by atoms with Gasteiger partial charge in [0.25, 0.3) is 0 Å². The van der Waals surface area contributed by atoms with Gasteiger partial charge in [0, 0.05) is 58.6 Å². The standard InChI is InChI=1S/C30H33N3O/c1-6-8-21(7-2)15-16-33-26-12-9-22(30-31-19(3)17-20(4)32(30)5)18-25(26)29-24-11-14-28(34)23(24)10-13-27(29)33/h8-10,12-13,17-18H,3,6-7,11,14-16H2,1-2,4-5H3. The van der Waals surface area contributed by atoms with Gasteiger partial charge in [0.2, 0.25) is 0 Å². The molecule has 1 aliphatic carbocycles. The van der Waals surface area contributed by atoms with Gasteiger partial charge >= 0.3 is 0 Å². The highest BCUT2D eigenvalue weighted by Crippen LogP contribution is 2.38. The van der Waals surface area contributed by atoms with Crippen LogP contribution in [0.5, 0.6) is 0 Å². The Balaban J connectivity index is 1.71. The molecular weight excluding hydrogens is 418 g/mol. The van der Waals surface area contributed by atoms with Crippen molar-refractivity contribution in [1.82, 2.24) is 9.47 Å². The number of Topliss-reactive ketones (excluding diaryl/α,β-unsaturated/α-hetero) is 1. The predicted molar refractivity (Wildman–Crippen MR) is 143 cm³/mol. The molecule has 4 heteroatoms. The normalized spacial score (nSPS) is 16.5. The van der Waals surface area contributed by atoms with Crippen molar-refractivity contribution in [2.75, 3.05) is 7.05 Å². The van der Waals surface area contributed by atoms with E-state index in [4.69, 9.17) is 4.99 Å². The second-order valence-electron chi connectivity index (χ2n) is 9.44. The summed E-state index contributed by atoms with van der Waals surface area (Å²) in [5, 5.41) is 2.45. The largest absolute Gasteiger partial charge is 0.340 e. The van der Waals surface area contributed by atoms with E-state index in [9.17, 15) is 4.79 Å². The third kappa shape index (κ3) is 3.62. The summed E-state index contributed by atoms with van der Waals surface area (Å²) < 4.78 is 2.45. The van der Waals surface area contributed by atoms with Crippen molar-refractivity contribution >= 4 is 33.4 Å². The summed E-state index contributed by atoms with van der Waals surface area (Å²) >= 11 is 0. The van der Waals surface area contributed by atoms with Crippen LogP contribution < -0.4 is 0 Å². The van der Waals surface area contributed by atoms with Crippen LogP contribution in [0.25, 0.3) is 21.8 Å². The second kappa shape index (κ2) is 8.75. The summed E-state index contributed by atoms with van der Waals surface area (Å²) in [6.45, 7) is 11.5. The number of amidine groups is 1. The van der Waals surface area contributed by atoms with Crippen LogP contribution in [0.3, 0.4) is 0 Å². The highest BCUT2D eigenvalue weighted by atomic mass is 16.1. The molecule has 0 N–H and O–H groups in total. The molecule has 0 saturated heterocycles. The molecule has 1 aliphatic heterocycles. The number of allylic oxidation sites excluding steroid dienone is 4. The molecule has 5 rings (SSSR count). The molecule has 2 aromatic carbocycles. The van der Waals surface area contributed by atoms with Crippen molar-refractivity contribution in [2.24, 2.45) is 4.99 Å². The first-order chi connectivity index (χ1) is 16.4. The Morgan fingerprint density at radius 2 is 1.94 bits per heavy atom. The minimum absolute atomic E-state index is 0.265. The zero-order valence-corrected chi connectivity index (χ0v) is 20.7. The Morgan fingerprint density at radius 3 is 2.71 bits per heavy atom. The predicted octanol–water partition coefficient (Wildman–Crippen LogP) is 7.17. The molecule has 1 aromatic heterocycles. The maximum absolute atomic E-state index is 12.6. The van der Waals surface area contributed by atoms with Gasteiger partial charge in [-0.05, 0) is 74.6 Å². The molecule has 2 heterocycles. The van der Waals surface area contributed by atoms with Crippen LogP contribution >= 0.6 is 0 Å². The van der Waals surface area contributed by atoms with E-state index in [1.807, 2.05) is 19.2 Å². The van der Waals surface area contributed by atoms with E-state index < -0.39 is 0 Å². The summed E-state index contributed by atoms with van der Waals surface area (Å²) in [6, 6.07) is 10.9. The van der Waals surface area contributed by atoms with Gasteiger partial charge in [0.1, 0.15) is 5.84 Å². The van der Waals surface area contributed by atoms with Crippen LogP contribution in [0, 0.1) is 0 Å². The van der Waals surface area contributed by atoms with Crippen molar-refractivity contribution in [3.05, 3.63) is 82.7 Å². The van der Waals surface area contributed by atoms with Crippen molar-refractivity contribution < 1.29 is 4.79 Å². The fourth-order valence-corrected chi connectivity index (χ4v) is 5.51. The molecule has 0 bridgehead atoms. The molecule has 2 aliphatic rings. The molecular formula is C30H33N3O. The van der Waals surface area contributed by atoms with Gasteiger partial charge in [-0.1, -0.05) is 32.1 Å². The monoisotopic (exact) mass is 451 g/mol. The van der Waals surface area contributed by atoms with E-state index in [1.165, 1.54) is 32.9 Å². The minimum Gasteiger partial charge on any atom is -0.340 e. The maximum atomic E-state index is 12.6. The van der Waals surface area contributed by atoms with Crippen molar-refractivity contribution in [1.29, 1.82) is 0 Å². The van der Waals surface area contributed by atoms with Crippen LogP contribution in [0.4, 0.5) is 0 Å².